The standard InChI is InChI=1S/C18H30FN3O2/c1-3-6-15(9-11-23)14-22-18(20-4-2)21-10-12-24-17-8-5-7-16(19)13-17/h5,7-8,13,15,23H,3-4,6,9-12,14H2,1-2H3,(H2,20,21,22). The molecule has 3 N–H and O–H groups in total. The van der Waals surface area contributed by atoms with Crippen molar-refractivity contribution in [3.05, 3.63) is 30.1 Å². The third-order valence-electron chi connectivity index (χ3n) is 3.55. The quantitative estimate of drug-likeness (QED) is 0.329. The smallest absolute Gasteiger partial charge is 0.191 e. The summed E-state index contributed by atoms with van der Waals surface area (Å²) < 4.78 is 18.6. The molecule has 0 amide bonds. The average Bonchev–Trinajstić information content (AvgIpc) is 2.56. The minimum absolute atomic E-state index is 0.200. The first kappa shape index (κ1) is 20.2. The minimum atomic E-state index is -0.304. The van der Waals surface area contributed by atoms with Crippen molar-refractivity contribution in [2.75, 3.05) is 32.8 Å². The zero-order valence-electron chi connectivity index (χ0n) is 14.7. The van der Waals surface area contributed by atoms with Crippen LogP contribution in [0.5, 0.6) is 5.75 Å². The van der Waals surface area contributed by atoms with Crippen LogP contribution in [-0.2, 0) is 0 Å². The molecule has 0 bridgehead atoms. The van der Waals surface area contributed by atoms with Crippen LogP contribution in [0.3, 0.4) is 0 Å². The molecule has 0 fully saturated rings. The van der Waals surface area contributed by atoms with Gasteiger partial charge in [0.2, 0.25) is 0 Å². The molecule has 0 aromatic heterocycles. The van der Waals surface area contributed by atoms with E-state index in [-0.39, 0.29) is 12.4 Å². The predicted octanol–water partition coefficient (Wildman–Crippen LogP) is 2.56. The first-order valence-corrected chi connectivity index (χ1v) is 8.71. The van der Waals surface area contributed by atoms with Crippen LogP contribution in [-0.4, -0.2) is 43.9 Å². The molecule has 0 heterocycles. The Morgan fingerprint density at radius 2 is 2.12 bits per heavy atom. The molecule has 1 rings (SSSR count). The van der Waals surface area contributed by atoms with Crippen LogP contribution in [0.4, 0.5) is 4.39 Å². The SMILES string of the molecule is CCCC(CCO)CN=C(NCC)NCCOc1cccc(F)c1. The van der Waals surface area contributed by atoms with E-state index in [1.54, 1.807) is 12.1 Å². The Kier molecular flexibility index (Phi) is 10.6. The molecule has 0 radical (unpaired) electrons. The van der Waals surface area contributed by atoms with Crippen LogP contribution >= 0.6 is 0 Å². The molecule has 6 heteroatoms. The predicted molar refractivity (Wildman–Crippen MR) is 96.0 cm³/mol. The van der Waals surface area contributed by atoms with Crippen molar-refractivity contribution in [3.8, 4) is 5.75 Å². The van der Waals surface area contributed by atoms with Crippen LogP contribution in [0.15, 0.2) is 29.3 Å². The van der Waals surface area contributed by atoms with E-state index >= 15 is 0 Å². The molecule has 0 spiro atoms. The number of halogens is 1. The summed E-state index contributed by atoms with van der Waals surface area (Å²) in [5.74, 6) is 1.35. The minimum Gasteiger partial charge on any atom is -0.492 e. The van der Waals surface area contributed by atoms with Crippen molar-refractivity contribution in [1.29, 1.82) is 0 Å². The van der Waals surface area contributed by atoms with Gasteiger partial charge in [-0.05, 0) is 37.8 Å². The van der Waals surface area contributed by atoms with Gasteiger partial charge < -0.3 is 20.5 Å². The van der Waals surface area contributed by atoms with Gasteiger partial charge in [0, 0.05) is 25.8 Å². The van der Waals surface area contributed by atoms with Crippen LogP contribution < -0.4 is 15.4 Å². The number of benzene rings is 1. The highest BCUT2D eigenvalue weighted by atomic mass is 19.1. The van der Waals surface area contributed by atoms with E-state index in [1.807, 2.05) is 6.92 Å². The van der Waals surface area contributed by atoms with E-state index in [0.29, 0.717) is 31.4 Å². The van der Waals surface area contributed by atoms with Crippen LogP contribution in [0.2, 0.25) is 0 Å². The molecule has 0 saturated heterocycles. The third kappa shape index (κ3) is 8.72. The summed E-state index contributed by atoms with van der Waals surface area (Å²) in [5.41, 5.74) is 0. The van der Waals surface area contributed by atoms with E-state index in [2.05, 4.69) is 22.5 Å². The highest BCUT2D eigenvalue weighted by Gasteiger charge is 2.07. The lowest BCUT2D eigenvalue weighted by Crippen LogP contribution is -2.39. The molecule has 5 nitrogen and oxygen atoms in total. The fourth-order valence-electron chi connectivity index (χ4n) is 2.37. The zero-order valence-corrected chi connectivity index (χ0v) is 14.7. The van der Waals surface area contributed by atoms with Crippen molar-refractivity contribution in [2.24, 2.45) is 10.9 Å². The Morgan fingerprint density at radius 1 is 1.29 bits per heavy atom. The van der Waals surface area contributed by atoms with Crippen molar-refractivity contribution in [3.63, 3.8) is 0 Å². The van der Waals surface area contributed by atoms with Gasteiger partial charge in [0.1, 0.15) is 18.2 Å². The van der Waals surface area contributed by atoms with Gasteiger partial charge in [-0.1, -0.05) is 19.4 Å². The molecular formula is C18H30FN3O2. The number of nitrogens with one attached hydrogen (secondary N) is 2. The van der Waals surface area contributed by atoms with Crippen LogP contribution in [0.1, 0.15) is 33.1 Å². The van der Waals surface area contributed by atoms with Crippen molar-refractivity contribution in [1.82, 2.24) is 10.6 Å². The molecule has 1 aromatic carbocycles. The Morgan fingerprint density at radius 3 is 2.79 bits per heavy atom. The number of hydrogen-bond acceptors (Lipinski definition) is 3. The molecule has 0 aliphatic heterocycles. The molecular weight excluding hydrogens is 309 g/mol. The van der Waals surface area contributed by atoms with E-state index in [9.17, 15) is 4.39 Å². The number of aliphatic hydroxyl groups is 1. The Balaban J connectivity index is 2.39. The van der Waals surface area contributed by atoms with Crippen molar-refractivity contribution >= 4 is 5.96 Å². The summed E-state index contributed by atoms with van der Waals surface area (Å²) in [6.07, 6.45) is 2.93. The summed E-state index contributed by atoms with van der Waals surface area (Å²) in [6, 6.07) is 6.11. The normalized spacial score (nSPS) is 12.8. The first-order valence-electron chi connectivity index (χ1n) is 8.71. The Hall–Kier alpha value is -1.82. The van der Waals surface area contributed by atoms with Crippen LogP contribution in [0.25, 0.3) is 0 Å². The number of aliphatic hydroxyl groups excluding tert-OH is 1. The van der Waals surface area contributed by atoms with Gasteiger partial charge in [-0.15, -0.1) is 0 Å². The topological polar surface area (TPSA) is 65.9 Å². The second-order valence-electron chi connectivity index (χ2n) is 5.62. The maximum Gasteiger partial charge on any atom is 0.191 e. The summed E-state index contributed by atoms with van der Waals surface area (Å²) in [4.78, 5) is 4.58. The fraction of sp³-hybridized carbons (Fsp3) is 0.611. The fourth-order valence-corrected chi connectivity index (χ4v) is 2.37. The molecule has 24 heavy (non-hydrogen) atoms. The third-order valence-corrected chi connectivity index (χ3v) is 3.55. The number of guanidine groups is 1. The maximum absolute atomic E-state index is 13.1. The van der Waals surface area contributed by atoms with Gasteiger partial charge in [-0.2, -0.15) is 0 Å². The van der Waals surface area contributed by atoms with E-state index in [4.69, 9.17) is 9.84 Å². The van der Waals surface area contributed by atoms with Crippen LogP contribution in [0, 0.1) is 11.7 Å². The monoisotopic (exact) mass is 339 g/mol. The Bertz CT molecular complexity index is 477. The Labute approximate surface area is 144 Å². The molecule has 136 valence electrons. The molecule has 0 aliphatic rings. The summed E-state index contributed by atoms with van der Waals surface area (Å²) in [5, 5.41) is 15.5. The molecule has 0 saturated carbocycles. The second-order valence-corrected chi connectivity index (χ2v) is 5.62. The van der Waals surface area contributed by atoms with Gasteiger partial charge in [0.05, 0.1) is 6.54 Å². The van der Waals surface area contributed by atoms with Gasteiger partial charge in [0.25, 0.3) is 0 Å². The molecule has 1 unspecified atom stereocenters. The second kappa shape index (κ2) is 12.6. The van der Waals surface area contributed by atoms with E-state index < -0.39 is 0 Å². The highest BCUT2D eigenvalue weighted by Crippen LogP contribution is 2.12. The molecule has 0 aliphatic carbocycles. The first-order chi connectivity index (χ1) is 11.7. The van der Waals surface area contributed by atoms with E-state index in [1.165, 1.54) is 12.1 Å². The zero-order chi connectivity index (χ0) is 17.6. The molecule has 1 aromatic rings. The number of ether oxygens (including phenoxy) is 1. The van der Waals surface area contributed by atoms with Gasteiger partial charge >= 0.3 is 0 Å². The lowest BCUT2D eigenvalue weighted by Gasteiger charge is -2.15. The summed E-state index contributed by atoms with van der Waals surface area (Å²) >= 11 is 0. The molecule has 1 atom stereocenters. The maximum atomic E-state index is 13.1. The van der Waals surface area contributed by atoms with Gasteiger partial charge in [-0.25, -0.2) is 4.39 Å². The van der Waals surface area contributed by atoms with Gasteiger partial charge in [0.15, 0.2) is 5.96 Å². The number of rotatable bonds is 11. The number of aliphatic imine (C=N–C) groups is 1. The lowest BCUT2D eigenvalue weighted by atomic mass is 10.0. The van der Waals surface area contributed by atoms with Gasteiger partial charge in [-0.3, -0.25) is 4.99 Å². The summed E-state index contributed by atoms with van der Waals surface area (Å²) in [6.45, 7) is 6.80. The summed E-state index contributed by atoms with van der Waals surface area (Å²) in [7, 11) is 0. The van der Waals surface area contributed by atoms with E-state index in [0.717, 1.165) is 31.8 Å². The number of nitrogens with zero attached hydrogens (tertiary/aromatic N) is 1. The number of hydrogen-bond donors (Lipinski definition) is 3. The lowest BCUT2D eigenvalue weighted by molar-refractivity contribution is 0.253. The largest absolute Gasteiger partial charge is 0.492 e. The van der Waals surface area contributed by atoms with Crippen molar-refractivity contribution < 1.29 is 14.2 Å². The van der Waals surface area contributed by atoms with Crippen molar-refractivity contribution in [2.45, 2.75) is 33.1 Å². The average molecular weight is 339 g/mol. The highest BCUT2D eigenvalue weighted by molar-refractivity contribution is 5.79.